The van der Waals surface area contributed by atoms with Crippen molar-refractivity contribution < 1.29 is 4.39 Å². The minimum atomic E-state index is -0.337. The molecule has 0 heterocycles. The van der Waals surface area contributed by atoms with Crippen LogP contribution in [-0.4, -0.2) is 0 Å². The normalized spacial score (nSPS) is 23.8. The van der Waals surface area contributed by atoms with Gasteiger partial charge in [-0.05, 0) is 78.2 Å². The monoisotopic (exact) mass is 420 g/mol. The van der Waals surface area contributed by atoms with Gasteiger partial charge in [-0.1, -0.05) is 96.0 Å². The molecule has 0 amide bonds. The highest BCUT2D eigenvalue weighted by atomic mass is 19.1. The van der Waals surface area contributed by atoms with Crippen LogP contribution in [0.5, 0.6) is 0 Å². The minimum absolute atomic E-state index is 0.00826. The molecule has 0 N–H and O–H groups in total. The van der Waals surface area contributed by atoms with Crippen LogP contribution >= 0.6 is 0 Å². The molecular weight excluding hydrogens is 379 g/mol. The SMILES string of the molecule is CC=CC(C)(C(C)CC)C1CC(CC)=C(F)C2=C1Cc1c(/C=C\C)cccc1C2(C)C. The van der Waals surface area contributed by atoms with Gasteiger partial charge in [-0.25, -0.2) is 4.39 Å². The maximum atomic E-state index is 16.0. The van der Waals surface area contributed by atoms with E-state index in [0.717, 1.165) is 36.8 Å². The van der Waals surface area contributed by atoms with E-state index in [-0.39, 0.29) is 16.7 Å². The summed E-state index contributed by atoms with van der Waals surface area (Å²) >= 11 is 0. The molecule has 0 bridgehead atoms. The molecule has 3 unspecified atom stereocenters. The summed E-state index contributed by atoms with van der Waals surface area (Å²) in [6.45, 7) is 17.8. The summed E-state index contributed by atoms with van der Waals surface area (Å²) in [7, 11) is 0. The molecule has 0 fully saturated rings. The lowest BCUT2D eigenvalue weighted by atomic mass is 9.55. The highest BCUT2D eigenvalue weighted by Crippen LogP contribution is 2.57. The molecule has 2 aliphatic rings. The van der Waals surface area contributed by atoms with Gasteiger partial charge < -0.3 is 0 Å². The maximum Gasteiger partial charge on any atom is 0.126 e. The number of allylic oxidation sites excluding steroid dienone is 7. The van der Waals surface area contributed by atoms with Crippen molar-refractivity contribution in [2.45, 2.75) is 86.5 Å². The first-order valence-electron chi connectivity index (χ1n) is 12.2. The Morgan fingerprint density at radius 3 is 2.48 bits per heavy atom. The van der Waals surface area contributed by atoms with Crippen molar-refractivity contribution in [3.63, 3.8) is 0 Å². The summed E-state index contributed by atoms with van der Waals surface area (Å²) in [5.41, 5.74) is 6.93. The Morgan fingerprint density at radius 1 is 1.19 bits per heavy atom. The van der Waals surface area contributed by atoms with Crippen LogP contribution in [0, 0.1) is 17.3 Å². The second kappa shape index (κ2) is 8.93. The number of hydrogen-bond donors (Lipinski definition) is 0. The summed E-state index contributed by atoms with van der Waals surface area (Å²) in [4.78, 5) is 0. The fourth-order valence-electron chi connectivity index (χ4n) is 6.20. The topological polar surface area (TPSA) is 0 Å². The smallest absolute Gasteiger partial charge is 0.126 e. The van der Waals surface area contributed by atoms with Crippen molar-refractivity contribution >= 4 is 6.08 Å². The first kappa shape index (κ1) is 23.8. The largest absolute Gasteiger partial charge is 0.207 e. The van der Waals surface area contributed by atoms with Gasteiger partial charge in [-0.3, -0.25) is 0 Å². The van der Waals surface area contributed by atoms with Crippen LogP contribution in [0.4, 0.5) is 4.39 Å². The third-order valence-corrected chi connectivity index (χ3v) is 8.32. The summed E-state index contributed by atoms with van der Waals surface area (Å²) < 4.78 is 16.0. The van der Waals surface area contributed by atoms with Crippen molar-refractivity contribution in [2.24, 2.45) is 17.3 Å². The van der Waals surface area contributed by atoms with Crippen molar-refractivity contribution in [3.05, 3.63) is 75.7 Å². The Labute approximate surface area is 190 Å². The number of fused-ring (bicyclic) bond motifs is 1. The Bertz CT molecular complexity index is 953. The fourth-order valence-corrected chi connectivity index (χ4v) is 6.20. The molecule has 1 heteroatoms. The number of benzene rings is 1. The summed E-state index contributed by atoms with van der Waals surface area (Å²) in [5, 5.41) is 0. The van der Waals surface area contributed by atoms with E-state index in [2.05, 4.69) is 97.9 Å². The van der Waals surface area contributed by atoms with Gasteiger partial charge in [0.05, 0.1) is 0 Å². The third kappa shape index (κ3) is 3.79. The standard InChI is InChI=1S/C30H41F/c1-9-14-22-15-13-16-25-23(22)19-24-26(30(8,17-10-2)20(5)11-3)18-21(12-4)28(31)27(24)29(25,6)7/h9-10,13-17,20,26H,11-12,18-19H2,1-8H3/b14-9-,17-10?. The van der Waals surface area contributed by atoms with E-state index in [1.807, 2.05) is 0 Å². The molecule has 3 atom stereocenters. The predicted octanol–water partition coefficient (Wildman–Crippen LogP) is 9.13. The quantitative estimate of drug-likeness (QED) is 0.402. The number of hydrogen-bond acceptors (Lipinski definition) is 0. The van der Waals surface area contributed by atoms with Crippen LogP contribution in [0.3, 0.4) is 0 Å². The molecule has 0 aliphatic heterocycles. The molecule has 0 radical (unpaired) electrons. The van der Waals surface area contributed by atoms with E-state index >= 15 is 4.39 Å². The van der Waals surface area contributed by atoms with Crippen molar-refractivity contribution in [1.29, 1.82) is 0 Å². The lowest BCUT2D eigenvalue weighted by Crippen LogP contribution is -2.41. The molecule has 0 saturated carbocycles. The first-order chi connectivity index (χ1) is 14.7. The summed E-state index contributed by atoms with van der Waals surface area (Å²) in [6.07, 6.45) is 12.5. The van der Waals surface area contributed by atoms with Crippen LogP contribution in [-0.2, 0) is 11.8 Å². The fraction of sp³-hybridized carbons (Fsp3) is 0.533. The van der Waals surface area contributed by atoms with E-state index in [1.165, 1.54) is 22.3 Å². The van der Waals surface area contributed by atoms with E-state index in [4.69, 9.17) is 0 Å². The molecular formula is C30H41F. The highest BCUT2D eigenvalue weighted by Gasteiger charge is 2.47. The molecule has 0 nitrogen and oxygen atoms in total. The molecule has 0 saturated heterocycles. The van der Waals surface area contributed by atoms with Gasteiger partial charge in [0, 0.05) is 5.41 Å². The van der Waals surface area contributed by atoms with Crippen LogP contribution in [0.1, 0.15) is 91.3 Å². The predicted molar refractivity (Wildman–Crippen MR) is 134 cm³/mol. The summed E-state index contributed by atoms with van der Waals surface area (Å²) in [5.74, 6) is 0.930. The van der Waals surface area contributed by atoms with Gasteiger partial charge in [-0.15, -0.1) is 0 Å². The lowest BCUT2D eigenvalue weighted by Gasteiger charge is -2.49. The van der Waals surface area contributed by atoms with E-state index < -0.39 is 0 Å². The number of rotatable bonds is 6. The van der Waals surface area contributed by atoms with Crippen LogP contribution in [0.25, 0.3) is 6.08 Å². The molecule has 0 spiro atoms. The molecule has 168 valence electrons. The van der Waals surface area contributed by atoms with Crippen molar-refractivity contribution in [1.82, 2.24) is 0 Å². The Kier molecular flexibility index (Phi) is 6.84. The second-order valence-corrected chi connectivity index (χ2v) is 10.3. The molecule has 1 aromatic rings. The van der Waals surface area contributed by atoms with Crippen LogP contribution in [0.15, 0.2) is 59.0 Å². The highest BCUT2D eigenvalue weighted by molar-refractivity contribution is 5.65. The van der Waals surface area contributed by atoms with E-state index in [0.29, 0.717) is 11.8 Å². The average molecular weight is 421 g/mol. The van der Waals surface area contributed by atoms with E-state index in [1.54, 1.807) is 0 Å². The van der Waals surface area contributed by atoms with Gasteiger partial charge in [0.1, 0.15) is 5.83 Å². The second-order valence-electron chi connectivity index (χ2n) is 10.3. The Morgan fingerprint density at radius 2 is 1.90 bits per heavy atom. The van der Waals surface area contributed by atoms with E-state index in [9.17, 15) is 0 Å². The van der Waals surface area contributed by atoms with Gasteiger partial charge >= 0.3 is 0 Å². The zero-order valence-electron chi connectivity index (χ0n) is 20.9. The zero-order valence-corrected chi connectivity index (χ0v) is 20.9. The molecule has 31 heavy (non-hydrogen) atoms. The first-order valence-corrected chi connectivity index (χ1v) is 12.2. The molecule has 0 aromatic heterocycles. The Hall–Kier alpha value is -1.89. The van der Waals surface area contributed by atoms with Crippen LogP contribution in [0.2, 0.25) is 0 Å². The van der Waals surface area contributed by atoms with Gasteiger partial charge in [0.25, 0.3) is 0 Å². The zero-order chi connectivity index (χ0) is 23.0. The van der Waals surface area contributed by atoms with Crippen molar-refractivity contribution in [2.75, 3.05) is 0 Å². The Balaban J connectivity index is 2.32. The van der Waals surface area contributed by atoms with Crippen molar-refractivity contribution in [3.8, 4) is 0 Å². The average Bonchev–Trinajstić information content (AvgIpc) is 2.73. The molecule has 2 aliphatic carbocycles. The molecule has 1 aromatic carbocycles. The minimum Gasteiger partial charge on any atom is -0.207 e. The lowest BCUT2D eigenvalue weighted by molar-refractivity contribution is 0.174. The van der Waals surface area contributed by atoms with Gasteiger partial charge in [0.15, 0.2) is 0 Å². The number of halogens is 1. The summed E-state index contributed by atoms with van der Waals surface area (Å²) in [6, 6.07) is 6.56. The van der Waals surface area contributed by atoms with Gasteiger partial charge in [0.2, 0.25) is 0 Å². The molecule has 3 rings (SSSR count). The van der Waals surface area contributed by atoms with Crippen LogP contribution < -0.4 is 0 Å². The van der Waals surface area contributed by atoms with Gasteiger partial charge in [-0.2, -0.15) is 0 Å². The third-order valence-electron chi connectivity index (χ3n) is 8.32. The maximum absolute atomic E-state index is 16.0.